The summed E-state index contributed by atoms with van der Waals surface area (Å²) in [5.74, 6) is 1.43. The Morgan fingerprint density at radius 2 is 1.78 bits per heavy atom. The summed E-state index contributed by atoms with van der Waals surface area (Å²) in [6.07, 6.45) is 1.51. The van der Waals surface area contributed by atoms with Gasteiger partial charge in [0.05, 0.1) is 25.5 Å². The van der Waals surface area contributed by atoms with Gasteiger partial charge in [0.25, 0.3) is 0 Å². The minimum atomic E-state index is 0.593. The normalized spacial score (nSPS) is 10.2. The van der Waals surface area contributed by atoms with Gasteiger partial charge in [-0.25, -0.2) is 9.97 Å². The number of aryl methyl sites for hydroxylation is 2. The van der Waals surface area contributed by atoms with Gasteiger partial charge >= 0.3 is 0 Å². The van der Waals surface area contributed by atoms with Crippen LogP contribution >= 0.6 is 0 Å². The van der Waals surface area contributed by atoms with E-state index in [0.29, 0.717) is 5.88 Å². The Morgan fingerprint density at radius 3 is 2.39 bits per heavy atom. The lowest BCUT2D eigenvalue weighted by Crippen LogP contribution is -1.98. The van der Waals surface area contributed by atoms with Gasteiger partial charge in [-0.3, -0.25) is 0 Å². The van der Waals surface area contributed by atoms with Crippen molar-refractivity contribution in [3.8, 4) is 22.8 Å². The highest BCUT2D eigenvalue weighted by Crippen LogP contribution is 2.33. The van der Waals surface area contributed by atoms with Crippen LogP contribution in [-0.2, 0) is 0 Å². The third-order valence-corrected chi connectivity index (χ3v) is 2.90. The van der Waals surface area contributed by atoms with E-state index in [1.807, 2.05) is 32.0 Å². The van der Waals surface area contributed by atoms with E-state index in [1.54, 1.807) is 14.2 Å². The number of rotatable bonds is 3. The van der Waals surface area contributed by atoms with Crippen LogP contribution in [0.4, 0.5) is 0 Å². The summed E-state index contributed by atoms with van der Waals surface area (Å²) in [6.45, 7) is 3.98. The molecule has 0 radical (unpaired) electrons. The Kier molecular flexibility index (Phi) is 3.46. The molecule has 0 N–H and O–H groups in total. The van der Waals surface area contributed by atoms with E-state index in [1.165, 1.54) is 6.33 Å². The van der Waals surface area contributed by atoms with E-state index in [2.05, 4.69) is 9.97 Å². The number of nitrogens with zero attached hydrogens (tertiary/aromatic N) is 2. The fraction of sp³-hybridized carbons (Fsp3) is 0.286. The fourth-order valence-electron chi connectivity index (χ4n) is 1.96. The molecule has 0 amide bonds. The molecule has 0 unspecified atom stereocenters. The quantitative estimate of drug-likeness (QED) is 0.832. The summed E-state index contributed by atoms with van der Waals surface area (Å²) >= 11 is 0. The molecular formula is C14H16N2O2. The Bertz CT molecular complexity index is 568. The third kappa shape index (κ3) is 2.14. The lowest BCUT2D eigenvalue weighted by atomic mass is 10.00. The molecule has 1 heterocycles. The highest BCUT2D eigenvalue weighted by molar-refractivity contribution is 5.74. The molecule has 1 aromatic heterocycles. The van der Waals surface area contributed by atoms with Crippen molar-refractivity contribution in [2.45, 2.75) is 13.8 Å². The molecule has 0 fully saturated rings. The van der Waals surface area contributed by atoms with Crippen molar-refractivity contribution in [3.63, 3.8) is 0 Å². The molecule has 2 rings (SSSR count). The topological polar surface area (TPSA) is 44.2 Å². The SMILES string of the molecule is COc1ccc(-c2c(C)ncnc2OC)c(C)c1. The summed E-state index contributed by atoms with van der Waals surface area (Å²) in [6, 6.07) is 5.91. The van der Waals surface area contributed by atoms with Crippen LogP contribution in [0.2, 0.25) is 0 Å². The van der Waals surface area contributed by atoms with Crippen LogP contribution in [0.5, 0.6) is 11.6 Å². The van der Waals surface area contributed by atoms with E-state index in [9.17, 15) is 0 Å². The van der Waals surface area contributed by atoms with Crippen molar-refractivity contribution < 1.29 is 9.47 Å². The second-order valence-corrected chi connectivity index (χ2v) is 4.02. The second-order valence-electron chi connectivity index (χ2n) is 4.02. The summed E-state index contributed by atoms with van der Waals surface area (Å²) in [5.41, 5.74) is 3.99. The van der Waals surface area contributed by atoms with E-state index in [4.69, 9.17) is 9.47 Å². The Balaban J connectivity index is 2.62. The molecule has 0 spiro atoms. The maximum absolute atomic E-state index is 5.31. The molecule has 0 atom stereocenters. The van der Waals surface area contributed by atoms with Gasteiger partial charge in [0.15, 0.2) is 0 Å². The Labute approximate surface area is 107 Å². The molecule has 0 saturated heterocycles. The van der Waals surface area contributed by atoms with Crippen LogP contribution in [0.25, 0.3) is 11.1 Å². The van der Waals surface area contributed by atoms with Crippen LogP contribution in [0, 0.1) is 13.8 Å². The summed E-state index contributed by atoms with van der Waals surface area (Å²) in [4.78, 5) is 8.38. The zero-order chi connectivity index (χ0) is 13.1. The Hall–Kier alpha value is -2.10. The monoisotopic (exact) mass is 244 g/mol. The minimum Gasteiger partial charge on any atom is -0.497 e. The molecule has 1 aromatic carbocycles. The lowest BCUT2D eigenvalue weighted by molar-refractivity contribution is 0.398. The first-order chi connectivity index (χ1) is 8.67. The molecule has 0 saturated carbocycles. The van der Waals surface area contributed by atoms with E-state index < -0.39 is 0 Å². The summed E-state index contributed by atoms with van der Waals surface area (Å²) in [5, 5.41) is 0. The van der Waals surface area contributed by atoms with Crippen molar-refractivity contribution in [3.05, 3.63) is 35.8 Å². The second kappa shape index (κ2) is 5.04. The van der Waals surface area contributed by atoms with Gasteiger partial charge in [0.1, 0.15) is 12.1 Å². The van der Waals surface area contributed by atoms with Gasteiger partial charge in [0.2, 0.25) is 5.88 Å². The van der Waals surface area contributed by atoms with Crippen LogP contribution in [0.15, 0.2) is 24.5 Å². The fourth-order valence-corrected chi connectivity index (χ4v) is 1.96. The predicted molar refractivity (Wildman–Crippen MR) is 70.0 cm³/mol. The number of benzene rings is 1. The van der Waals surface area contributed by atoms with Crippen molar-refractivity contribution >= 4 is 0 Å². The maximum Gasteiger partial charge on any atom is 0.224 e. The van der Waals surface area contributed by atoms with Gasteiger partial charge in [-0.05, 0) is 37.1 Å². The van der Waals surface area contributed by atoms with E-state index in [0.717, 1.165) is 28.1 Å². The molecule has 2 aromatic rings. The van der Waals surface area contributed by atoms with Crippen molar-refractivity contribution in [1.29, 1.82) is 0 Å². The minimum absolute atomic E-state index is 0.593. The predicted octanol–water partition coefficient (Wildman–Crippen LogP) is 2.78. The van der Waals surface area contributed by atoms with Crippen molar-refractivity contribution in [1.82, 2.24) is 9.97 Å². The lowest BCUT2D eigenvalue weighted by Gasteiger charge is -2.12. The van der Waals surface area contributed by atoms with Crippen LogP contribution in [-0.4, -0.2) is 24.2 Å². The third-order valence-electron chi connectivity index (χ3n) is 2.90. The average molecular weight is 244 g/mol. The number of hydrogen-bond acceptors (Lipinski definition) is 4. The first kappa shape index (κ1) is 12.4. The molecule has 94 valence electrons. The molecule has 0 aliphatic heterocycles. The highest BCUT2D eigenvalue weighted by atomic mass is 16.5. The molecule has 4 heteroatoms. The number of ether oxygens (including phenoxy) is 2. The van der Waals surface area contributed by atoms with Gasteiger partial charge in [-0.2, -0.15) is 0 Å². The largest absolute Gasteiger partial charge is 0.497 e. The number of hydrogen-bond donors (Lipinski definition) is 0. The molecule has 0 aliphatic rings. The summed E-state index contributed by atoms with van der Waals surface area (Å²) in [7, 11) is 3.27. The first-order valence-electron chi connectivity index (χ1n) is 5.68. The molecule has 4 nitrogen and oxygen atoms in total. The van der Waals surface area contributed by atoms with Crippen molar-refractivity contribution in [2.24, 2.45) is 0 Å². The van der Waals surface area contributed by atoms with Crippen LogP contribution < -0.4 is 9.47 Å². The smallest absolute Gasteiger partial charge is 0.224 e. The zero-order valence-corrected chi connectivity index (χ0v) is 11.0. The van der Waals surface area contributed by atoms with Gasteiger partial charge in [-0.15, -0.1) is 0 Å². The molecule has 0 bridgehead atoms. The summed E-state index contributed by atoms with van der Waals surface area (Å²) < 4.78 is 10.5. The van der Waals surface area contributed by atoms with Gasteiger partial charge in [-0.1, -0.05) is 6.07 Å². The van der Waals surface area contributed by atoms with Crippen LogP contribution in [0.3, 0.4) is 0 Å². The van der Waals surface area contributed by atoms with E-state index in [-0.39, 0.29) is 0 Å². The first-order valence-corrected chi connectivity index (χ1v) is 5.68. The van der Waals surface area contributed by atoms with Crippen LogP contribution in [0.1, 0.15) is 11.3 Å². The number of methoxy groups -OCH3 is 2. The molecule has 0 aliphatic carbocycles. The van der Waals surface area contributed by atoms with Gasteiger partial charge < -0.3 is 9.47 Å². The molecule has 18 heavy (non-hydrogen) atoms. The average Bonchev–Trinajstić information content (AvgIpc) is 2.39. The maximum atomic E-state index is 5.31. The highest BCUT2D eigenvalue weighted by Gasteiger charge is 2.13. The van der Waals surface area contributed by atoms with Gasteiger partial charge in [0, 0.05) is 0 Å². The standard InChI is InChI=1S/C14H16N2O2/c1-9-7-11(17-3)5-6-12(9)13-10(2)15-8-16-14(13)18-4/h5-8H,1-4H3. The zero-order valence-electron chi connectivity index (χ0n) is 11.0. The molecular weight excluding hydrogens is 228 g/mol. The Morgan fingerprint density at radius 1 is 1.00 bits per heavy atom. The van der Waals surface area contributed by atoms with E-state index >= 15 is 0 Å². The van der Waals surface area contributed by atoms with Crippen molar-refractivity contribution in [2.75, 3.05) is 14.2 Å². The number of aromatic nitrogens is 2.